The van der Waals surface area contributed by atoms with E-state index in [-0.39, 0.29) is 19.1 Å². The molecule has 0 saturated carbocycles. The van der Waals surface area contributed by atoms with Gasteiger partial charge in [0.25, 0.3) is 5.69 Å². The van der Waals surface area contributed by atoms with Crippen molar-refractivity contribution in [3.05, 3.63) is 34.4 Å². The summed E-state index contributed by atoms with van der Waals surface area (Å²) in [6.45, 7) is 4.77. The first-order chi connectivity index (χ1) is 10.8. The van der Waals surface area contributed by atoms with Crippen LogP contribution in [-0.4, -0.2) is 50.5 Å². The molecule has 0 aliphatic heterocycles. The highest BCUT2D eigenvalue weighted by Crippen LogP contribution is 2.22. The largest absolute Gasteiger partial charge is 0.337 e. The summed E-state index contributed by atoms with van der Waals surface area (Å²) in [5.74, 6) is 0. The third kappa shape index (κ3) is 5.18. The maximum atomic E-state index is 12.1. The van der Waals surface area contributed by atoms with Gasteiger partial charge >= 0.3 is 6.03 Å². The Balaban J connectivity index is 2.64. The normalized spacial score (nSPS) is 11.0. The Labute approximate surface area is 134 Å². The molecule has 23 heavy (non-hydrogen) atoms. The highest BCUT2D eigenvalue weighted by Gasteiger charge is 2.24. The lowest BCUT2D eigenvalue weighted by molar-refractivity contribution is -0.387. The van der Waals surface area contributed by atoms with Crippen molar-refractivity contribution in [2.24, 2.45) is 0 Å². The molecule has 0 radical (unpaired) electrons. The van der Waals surface area contributed by atoms with Crippen molar-refractivity contribution >= 4 is 21.7 Å². The summed E-state index contributed by atoms with van der Waals surface area (Å²) in [7, 11) is -4.02. The Morgan fingerprint density at radius 1 is 1.22 bits per heavy atom. The fourth-order valence-corrected chi connectivity index (χ4v) is 3.09. The summed E-state index contributed by atoms with van der Waals surface area (Å²) in [6.07, 6.45) is 0. The topological polar surface area (TPSA) is 122 Å². The third-order valence-corrected chi connectivity index (χ3v) is 4.60. The molecule has 1 aromatic carbocycles. The minimum Gasteiger partial charge on any atom is -0.337 e. The summed E-state index contributed by atoms with van der Waals surface area (Å²) in [6, 6.07) is 4.79. The van der Waals surface area contributed by atoms with Crippen LogP contribution in [0.5, 0.6) is 0 Å². The van der Waals surface area contributed by atoms with Gasteiger partial charge in [-0.1, -0.05) is 12.1 Å². The zero-order valence-corrected chi connectivity index (χ0v) is 13.8. The smallest absolute Gasteiger partial charge is 0.317 e. The van der Waals surface area contributed by atoms with Crippen LogP contribution in [0.4, 0.5) is 10.5 Å². The van der Waals surface area contributed by atoms with E-state index in [4.69, 9.17) is 0 Å². The number of carbonyl (C=O) groups is 1. The number of benzene rings is 1. The summed E-state index contributed by atoms with van der Waals surface area (Å²) < 4.78 is 26.5. The second kappa shape index (κ2) is 8.44. The van der Waals surface area contributed by atoms with Crippen molar-refractivity contribution in [1.82, 2.24) is 14.9 Å². The van der Waals surface area contributed by atoms with Crippen molar-refractivity contribution in [1.29, 1.82) is 0 Å². The number of nitro benzene ring substituents is 1. The number of nitrogens with one attached hydrogen (secondary N) is 2. The number of amides is 2. The van der Waals surface area contributed by atoms with Gasteiger partial charge in [0.15, 0.2) is 4.90 Å². The molecule has 2 amide bonds. The number of nitrogens with zero attached hydrogens (tertiary/aromatic N) is 2. The Morgan fingerprint density at radius 3 is 2.39 bits per heavy atom. The monoisotopic (exact) mass is 344 g/mol. The molecule has 2 N–H and O–H groups in total. The molecular formula is C13H20N4O5S. The number of carbonyl (C=O) groups excluding carboxylic acids is 1. The molecular weight excluding hydrogens is 324 g/mol. The molecule has 9 nitrogen and oxygen atoms in total. The van der Waals surface area contributed by atoms with Crippen LogP contribution in [-0.2, 0) is 10.0 Å². The van der Waals surface area contributed by atoms with Crippen molar-refractivity contribution in [2.45, 2.75) is 18.7 Å². The van der Waals surface area contributed by atoms with E-state index in [1.54, 1.807) is 4.90 Å². The van der Waals surface area contributed by atoms with E-state index in [0.717, 1.165) is 12.1 Å². The Morgan fingerprint density at radius 2 is 1.83 bits per heavy atom. The predicted octanol–water partition coefficient (Wildman–Crippen LogP) is 0.925. The molecule has 10 heteroatoms. The summed E-state index contributed by atoms with van der Waals surface area (Å²) in [5, 5.41) is 13.5. The number of rotatable bonds is 8. The molecule has 0 aliphatic rings. The summed E-state index contributed by atoms with van der Waals surface area (Å²) in [4.78, 5) is 23.0. The van der Waals surface area contributed by atoms with Crippen LogP contribution < -0.4 is 10.0 Å². The van der Waals surface area contributed by atoms with Crippen LogP contribution in [0.25, 0.3) is 0 Å². The van der Waals surface area contributed by atoms with Crippen LogP contribution in [0.2, 0.25) is 0 Å². The zero-order chi connectivity index (χ0) is 17.5. The molecule has 0 aliphatic carbocycles. The van der Waals surface area contributed by atoms with E-state index in [9.17, 15) is 23.3 Å². The Bertz CT molecular complexity index is 658. The lowest BCUT2D eigenvalue weighted by Crippen LogP contribution is -2.42. The summed E-state index contributed by atoms with van der Waals surface area (Å²) in [5.41, 5.74) is -0.493. The first kappa shape index (κ1) is 18.8. The van der Waals surface area contributed by atoms with E-state index in [1.807, 2.05) is 13.8 Å². The molecule has 0 heterocycles. The lowest BCUT2D eigenvalue weighted by Gasteiger charge is -2.19. The maximum absolute atomic E-state index is 12.1. The minimum atomic E-state index is -4.02. The van der Waals surface area contributed by atoms with Gasteiger partial charge in [-0.05, 0) is 19.9 Å². The average Bonchev–Trinajstić information content (AvgIpc) is 2.52. The van der Waals surface area contributed by atoms with E-state index in [0.29, 0.717) is 13.1 Å². The second-order valence-corrected chi connectivity index (χ2v) is 6.26. The number of para-hydroxylation sites is 1. The number of hydrogen-bond donors (Lipinski definition) is 2. The summed E-state index contributed by atoms with van der Waals surface area (Å²) >= 11 is 0. The molecule has 0 saturated heterocycles. The number of hydrogen-bond acceptors (Lipinski definition) is 5. The van der Waals surface area contributed by atoms with E-state index >= 15 is 0 Å². The highest BCUT2D eigenvalue weighted by atomic mass is 32.2. The molecule has 1 aromatic rings. The fraction of sp³-hybridized carbons (Fsp3) is 0.462. The van der Waals surface area contributed by atoms with E-state index < -0.39 is 25.5 Å². The molecule has 0 aromatic heterocycles. The molecule has 0 unspecified atom stereocenters. The number of sulfonamides is 1. The molecule has 0 bridgehead atoms. The van der Waals surface area contributed by atoms with Crippen LogP contribution in [0.3, 0.4) is 0 Å². The van der Waals surface area contributed by atoms with Gasteiger partial charge in [0.1, 0.15) is 0 Å². The standard InChI is InChI=1S/C13H20N4O5S/c1-3-16(4-2)13(18)14-9-10-15-23(21,22)12-8-6-5-7-11(12)17(19)20/h5-8,15H,3-4,9-10H2,1-2H3,(H,14,18). The Hall–Kier alpha value is -2.20. The average molecular weight is 344 g/mol. The van der Waals surface area contributed by atoms with Crippen LogP contribution in [0.15, 0.2) is 29.2 Å². The maximum Gasteiger partial charge on any atom is 0.317 e. The molecule has 1 rings (SSSR count). The van der Waals surface area contributed by atoms with Gasteiger partial charge in [0.2, 0.25) is 10.0 Å². The lowest BCUT2D eigenvalue weighted by atomic mass is 10.3. The van der Waals surface area contributed by atoms with Gasteiger partial charge < -0.3 is 10.2 Å². The second-order valence-electron chi connectivity index (χ2n) is 4.53. The third-order valence-electron chi connectivity index (χ3n) is 3.10. The minimum absolute atomic E-state index is 0.0681. The van der Waals surface area contributed by atoms with E-state index in [1.165, 1.54) is 12.1 Å². The van der Waals surface area contributed by atoms with Crippen LogP contribution in [0.1, 0.15) is 13.8 Å². The van der Waals surface area contributed by atoms with Gasteiger partial charge in [-0.3, -0.25) is 10.1 Å². The van der Waals surface area contributed by atoms with E-state index in [2.05, 4.69) is 10.0 Å². The molecule has 0 spiro atoms. The molecule has 128 valence electrons. The zero-order valence-electron chi connectivity index (χ0n) is 13.0. The number of urea groups is 1. The van der Waals surface area contributed by atoms with Gasteiger partial charge in [-0.15, -0.1) is 0 Å². The van der Waals surface area contributed by atoms with Crippen LogP contribution >= 0.6 is 0 Å². The van der Waals surface area contributed by atoms with Crippen molar-refractivity contribution in [2.75, 3.05) is 26.2 Å². The van der Waals surface area contributed by atoms with Gasteiger partial charge in [0, 0.05) is 32.2 Å². The first-order valence-corrected chi connectivity index (χ1v) is 8.57. The van der Waals surface area contributed by atoms with Gasteiger partial charge in [-0.2, -0.15) is 0 Å². The predicted molar refractivity (Wildman–Crippen MR) is 84.6 cm³/mol. The van der Waals surface area contributed by atoms with Crippen molar-refractivity contribution in [3.63, 3.8) is 0 Å². The fourth-order valence-electron chi connectivity index (χ4n) is 1.89. The number of nitro groups is 1. The molecule has 0 fully saturated rings. The van der Waals surface area contributed by atoms with Crippen LogP contribution in [0, 0.1) is 10.1 Å². The van der Waals surface area contributed by atoms with Crippen molar-refractivity contribution < 1.29 is 18.1 Å². The molecule has 0 atom stereocenters. The highest BCUT2D eigenvalue weighted by molar-refractivity contribution is 7.89. The quantitative estimate of drug-likeness (QED) is 0.413. The van der Waals surface area contributed by atoms with Gasteiger partial charge in [0.05, 0.1) is 4.92 Å². The van der Waals surface area contributed by atoms with Gasteiger partial charge in [-0.25, -0.2) is 17.9 Å². The first-order valence-electron chi connectivity index (χ1n) is 7.09. The SMILES string of the molecule is CCN(CC)C(=O)NCCNS(=O)(=O)c1ccccc1[N+](=O)[O-]. The van der Waals surface area contributed by atoms with Crippen molar-refractivity contribution in [3.8, 4) is 0 Å². The Kier molecular flexibility index (Phi) is 6.91.